The number of pyridine rings is 2. The van der Waals surface area contributed by atoms with Gasteiger partial charge in [0.1, 0.15) is 11.3 Å². The summed E-state index contributed by atoms with van der Waals surface area (Å²) in [5.41, 5.74) is 6.39. The second-order valence-electron chi connectivity index (χ2n) is 24.9. The Labute approximate surface area is 447 Å². The van der Waals surface area contributed by atoms with Crippen molar-refractivity contribution in [1.29, 1.82) is 0 Å². The molecule has 0 radical (unpaired) electrons. The topological polar surface area (TPSA) is 169 Å². The number of nitrogens with zero attached hydrogens (tertiary/aromatic N) is 9. The maximum atomic E-state index is 15.3. The number of rotatable bonds is 10. The Balaban J connectivity index is 0.631. The highest BCUT2D eigenvalue weighted by Crippen LogP contribution is 2.53. The average Bonchev–Trinajstić information content (AvgIpc) is 4.31. The molecule has 8 fully saturated rings. The van der Waals surface area contributed by atoms with Gasteiger partial charge < -0.3 is 34.4 Å². The normalized spacial score (nSPS) is 26.4. The number of carbonyl (C=O) groups excluding carboxylic acids is 5. The molecule has 76 heavy (non-hydrogen) atoms. The lowest BCUT2D eigenvalue weighted by molar-refractivity contribution is -0.142. The molecule has 9 heterocycles. The molecule has 4 aromatic rings. The molecule has 2 N–H and O–H groups in total. The first-order chi connectivity index (χ1) is 36.9. The first-order valence-corrected chi connectivity index (χ1v) is 29.4. The van der Waals surface area contributed by atoms with Crippen molar-refractivity contribution >= 4 is 57.9 Å². The van der Waals surface area contributed by atoms with Crippen LogP contribution < -0.4 is 20.4 Å². The van der Waals surface area contributed by atoms with Crippen LogP contribution in [0.4, 0.5) is 17.3 Å². The molecule has 2 spiro atoms. The van der Waals surface area contributed by atoms with E-state index in [1.807, 2.05) is 18.5 Å². The van der Waals surface area contributed by atoms with E-state index in [1.165, 1.54) is 19.3 Å². The minimum atomic E-state index is -0.642. The minimum Gasteiger partial charge on any atom is -0.366 e. The number of piperidine rings is 5. The minimum absolute atomic E-state index is 0.00985. The molecule has 16 nitrogen and oxygen atoms in total. The Bertz CT molecular complexity index is 2890. The first-order valence-electron chi connectivity index (χ1n) is 29.4. The highest BCUT2D eigenvalue weighted by molar-refractivity contribution is 6.09. The van der Waals surface area contributed by atoms with Gasteiger partial charge in [0.2, 0.25) is 29.5 Å². The van der Waals surface area contributed by atoms with E-state index in [9.17, 15) is 19.2 Å². The van der Waals surface area contributed by atoms with Crippen LogP contribution in [0.5, 0.6) is 0 Å². The van der Waals surface area contributed by atoms with Crippen LogP contribution in [0.2, 0.25) is 0 Å². The molecular formula is C60H77N11O5. The van der Waals surface area contributed by atoms with Gasteiger partial charge in [0, 0.05) is 99.1 Å². The predicted octanol–water partition coefficient (Wildman–Crippen LogP) is 8.11. The van der Waals surface area contributed by atoms with Gasteiger partial charge in [0.25, 0.3) is 0 Å². The summed E-state index contributed by atoms with van der Waals surface area (Å²) in [6.07, 6.45) is 21.4. The SMILES string of the molecule is CC(C)n1cnc2cc(-c3ccc4c(c3)N([C@H]3C[C@@H](N5CCCCC5)C3)C(=O)C43CCN(C(=O)C4CCC5(CC4)CCN(C(=O)C4CCN(c6ccc(C7CCC(=O)NC7=O)cn6)CC4)CC5)CC3)nc(NC3CC3)c21. The van der Waals surface area contributed by atoms with Gasteiger partial charge in [0.05, 0.1) is 28.9 Å². The van der Waals surface area contributed by atoms with Crippen LogP contribution in [0, 0.1) is 17.3 Å². The third-order valence-electron chi connectivity index (χ3n) is 20.1. The number of nitrogens with one attached hydrogen (secondary N) is 2. The van der Waals surface area contributed by atoms with Crippen molar-refractivity contribution in [3.63, 3.8) is 0 Å². The largest absolute Gasteiger partial charge is 0.366 e. The molecule has 3 saturated carbocycles. The fourth-order valence-electron chi connectivity index (χ4n) is 15.0. The van der Waals surface area contributed by atoms with E-state index in [0.717, 1.165) is 167 Å². The smallest absolute Gasteiger partial charge is 0.238 e. The lowest BCUT2D eigenvalue weighted by atomic mass is 9.65. The molecule has 6 aliphatic heterocycles. The van der Waals surface area contributed by atoms with Crippen molar-refractivity contribution in [2.45, 2.75) is 171 Å². The summed E-state index contributed by atoms with van der Waals surface area (Å²) in [7, 11) is 0. The molecule has 16 heteroatoms. The lowest BCUT2D eigenvalue weighted by Gasteiger charge is -2.48. The summed E-state index contributed by atoms with van der Waals surface area (Å²) in [6, 6.07) is 14.1. The van der Waals surface area contributed by atoms with Crippen LogP contribution in [-0.4, -0.2) is 134 Å². The number of hydrogen-bond donors (Lipinski definition) is 2. The Morgan fingerprint density at radius 2 is 1.42 bits per heavy atom. The van der Waals surface area contributed by atoms with Crippen LogP contribution in [0.15, 0.2) is 48.9 Å². The van der Waals surface area contributed by atoms with E-state index < -0.39 is 5.41 Å². The molecule has 9 aliphatic rings. The monoisotopic (exact) mass is 1030 g/mol. The summed E-state index contributed by atoms with van der Waals surface area (Å²) < 4.78 is 2.21. The molecule has 1 atom stereocenters. The molecule has 1 unspecified atom stereocenters. The van der Waals surface area contributed by atoms with Crippen LogP contribution in [0.1, 0.15) is 159 Å². The Morgan fingerprint density at radius 1 is 0.724 bits per heavy atom. The second-order valence-corrected chi connectivity index (χ2v) is 24.9. The number of imidazole rings is 1. The number of carbonyl (C=O) groups is 5. The Kier molecular flexibility index (Phi) is 13.0. The average molecular weight is 1030 g/mol. The highest BCUT2D eigenvalue weighted by atomic mass is 16.2. The number of amides is 5. The van der Waals surface area contributed by atoms with Gasteiger partial charge in [-0.1, -0.05) is 24.6 Å². The van der Waals surface area contributed by atoms with Crippen molar-refractivity contribution in [3.8, 4) is 11.3 Å². The third kappa shape index (κ3) is 9.05. The quantitative estimate of drug-likeness (QED) is 0.147. The summed E-state index contributed by atoms with van der Waals surface area (Å²) >= 11 is 0. The van der Waals surface area contributed by atoms with Crippen molar-refractivity contribution in [2.75, 3.05) is 67.5 Å². The number of fused-ring (bicyclic) bond motifs is 3. The van der Waals surface area contributed by atoms with Crippen molar-refractivity contribution in [2.24, 2.45) is 17.3 Å². The Hall–Kier alpha value is -5.90. The number of aromatic nitrogens is 4. The summed E-state index contributed by atoms with van der Waals surface area (Å²) in [4.78, 5) is 93.8. The molecule has 5 saturated heterocycles. The summed E-state index contributed by atoms with van der Waals surface area (Å²) in [6.45, 7) is 11.0. The lowest BCUT2D eigenvalue weighted by Crippen LogP contribution is -2.58. The van der Waals surface area contributed by atoms with Gasteiger partial charge in [-0.2, -0.15) is 0 Å². The maximum absolute atomic E-state index is 15.3. The van der Waals surface area contributed by atoms with Crippen LogP contribution in [0.25, 0.3) is 22.3 Å². The number of anilines is 3. The number of imide groups is 1. The fourth-order valence-corrected chi connectivity index (χ4v) is 15.0. The van der Waals surface area contributed by atoms with E-state index in [1.54, 1.807) is 6.20 Å². The predicted molar refractivity (Wildman–Crippen MR) is 292 cm³/mol. The summed E-state index contributed by atoms with van der Waals surface area (Å²) in [5.74, 6) is 1.71. The van der Waals surface area contributed by atoms with Gasteiger partial charge in [-0.05, 0) is 171 Å². The van der Waals surface area contributed by atoms with E-state index in [2.05, 4.69) is 82.8 Å². The van der Waals surface area contributed by atoms with Gasteiger partial charge >= 0.3 is 0 Å². The molecule has 3 aromatic heterocycles. The van der Waals surface area contributed by atoms with E-state index in [-0.39, 0.29) is 64.8 Å². The number of likely N-dealkylation sites (tertiary alicyclic amines) is 3. The van der Waals surface area contributed by atoms with Crippen LogP contribution in [0.3, 0.4) is 0 Å². The standard InChI is InChI=1S/C60H77N11O5/c1-38(2)70-37-62-49-35-48(64-54(53(49)70)63-43-8-9-43)41-6-11-47-50(32-41)71(45-33-44(34-45)66-24-4-3-5-25-66)58(76)60(47)22-30-69(31-23-60)56(74)39-14-18-59(19-15-39)20-28-68(29-21-59)57(75)40-16-26-67(27-17-40)51-12-7-42(36-61-51)46-10-13-52(72)65-55(46)73/h6-7,11-12,32,35-40,43-46H,3-5,8-10,13-31,33-34H2,1-2H3,(H,63,64)(H,65,72,73)/t44-,45+,46?. The second kappa shape index (κ2) is 19.8. The van der Waals surface area contributed by atoms with Crippen molar-refractivity contribution in [3.05, 3.63) is 60.0 Å². The zero-order valence-electron chi connectivity index (χ0n) is 44.8. The van der Waals surface area contributed by atoms with Crippen LogP contribution >= 0.6 is 0 Å². The zero-order valence-corrected chi connectivity index (χ0v) is 44.8. The van der Waals surface area contributed by atoms with Crippen molar-refractivity contribution in [1.82, 2.24) is 39.5 Å². The molecule has 5 amide bonds. The molecule has 402 valence electrons. The third-order valence-corrected chi connectivity index (χ3v) is 20.1. The number of benzene rings is 1. The van der Waals surface area contributed by atoms with Gasteiger partial charge in [-0.15, -0.1) is 0 Å². The molecule has 1 aromatic carbocycles. The van der Waals surface area contributed by atoms with Crippen LogP contribution in [-0.2, 0) is 29.4 Å². The van der Waals surface area contributed by atoms with Gasteiger partial charge in [-0.3, -0.25) is 29.3 Å². The zero-order chi connectivity index (χ0) is 51.9. The number of hydrogen-bond acceptors (Lipinski definition) is 11. The molecular weight excluding hydrogens is 955 g/mol. The molecule has 3 aliphatic carbocycles. The van der Waals surface area contributed by atoms with E-state index in [4.69, 9.17) is 9.97 Å². The van der Waals surface area contributed by atoms with Gasteiger partial charge in [0.15, 0.2) is 5.82 Å². The highest BCUT2D eigenvalue weighted by Gasteiger charge is 2.56. The van der Waals surface area contributed by atoms with Crippen molar-refractivity contribution < 1.29 is 24.0 Å². The van der Waals surface area contributed by atoms with Gasteiger partial charge in [-0.25, -0.2) is 15.0 Å². The molecule has 13 rings (SSSR count). The first kappa shape index (κ1) is 49.7. The fraction of sp³-hybridized carbons (Fsp3) is 0.633. The molecule has 0 bridgehead atoms. The maximum Gasteiger partial charge on any atom is 0.238 e. The van der Waals surface area contributed by atoms with E-state index >= 15 is 4.79 Å². The summed E-state index contributed by atoms with van der Waals surface area (Å²) in [5, 5.41) is 6.16. The Morgan fingerprint density at radius 3 is 2.08 bits per heavy atom. The van der Waals surface area contributed by atoms with E-state index in [0.29, 0.717) is 50.9 Å².